The smallest absolute Gasteiger partial charge is 0.273 e. The largest absolute Gasteiger partial charge is 0.374 e. The van der Waals surface area contributed by atoms with Gasteiger partial charge in [0.1, 0.15) is 11.5 Å². The molecule has 0 spiro atoms. The molecule has 6 heteroatoms. The Kier molecular flexibility index (Phi) is 3.56. The van der Waals surface area contributed by atoms with Crippen LogP contribution in [0.5, 0.6) is 0 Å². The lowest BCUT2D eigenvalue weighted by atomic mass is 10.2. The zero-order chi connectivity index (χ0) is 14.1. The molecule has 1 atom stereocenters. The molecule has 2 aliphatic rings. The highest BCUT2D eigenvalue weighted by Gasteiger charge is 2.35. The van der Waals surface area contributed by atoms with Gasteiger partial charge in [0.2, 0.25) is 0 Å². The Morgan fingerprint density at radius 1 is 1.40 bits per heavy atom. The lowest BCUT2D eigenvalue weighted by Crippen LogP contribution is -2.44. The second-order valence-electron chi connectivity index (χ2n) is 5.65. The van der Waals surface area contributed by atoms with Gasteiger partial charge in [-0.2, -0.15) is 0 Å². The molecule has 0 bridgehead atoms. The van der Waals surface area contributed by atoms with E-state index in [1.165, 1.54) is 23.9 Å². The number of aromatic nitrogens is 2. The Morgan fingerprint density at radius 2 is 2.20 bits per heavy atom. The lowest BCUT2D eigenvalue weighted by molar-refractivity contribution is 0.0261. The first-order chi connectivity index (χ1) is 9.65. The molecule has 6 nitrogen and oxygen atoms in total. The van der Waals surface area contributed by atoms with Gasteiger partial charge in [-0.3, -0.25) is 9.78 Å². The molecule has 1 saturated heterocycles. The third kappa shape index (κ3) is 2.75. The van der Waals surface area contributed by atoms with Gasteiger partial charge in [0.15, 0.2) is 0 Å². The summed E-state index contributed by atoms with van der Waals surface area (Å²) in [6, 6.07) is 0. The lowest BCUT2D eigenvalue weighted by Gasteiger charge is -2.33. The normalized spacial score (nSPS) is 22.7. The van der Waals surface area contributed by atoms with Crippen LogP contribution in [0.15, 0.2) is 12.4 Å². The fraction of sp³-hybridized carbons (Fsp3) is 0.643. The van der Waals surface area contributed by atoms with E-state index in [1.807, 2.05) is 0 Å². The zero-order valence-electron chi connectivity index (χ0n) is 12.0. The van der Waals surface area contributed by atoms with E-state index in [0.717, 1.165) is 18.9 Å². The van der Waals surface area contributed by atoms with Gasteiger partial charge < -0.3 is 14.5 Å². The second kappa shape index (κ2) is 5.36. The van der Waals surface area contributed by atoms with Gasteiger partial charge in [0, 0.05) is 27.2 Å². The number of hydrogen-bond donors (Lipinski definition) is 0. The molecular formula is C14H20N4O2. The van der Waals surface area contributed by atoms with E-state index in [2.05, 4.69) is 14.9 Å². The molecule has 20 heavy (non-hydrogen) atoms. The Bertz CT molecular complexity index is 502. The number of nitrogens with zero attached hydrogens (tertiary/aromatic N) is 4. The number of rotatable bonds is 3. The van der Waals surface area contributed by atoms with Crippen molar-refractivity contribution in [3.05, 3.63) is 18.1 Å². The molecule has 1 aromatic rings. The highest BCUT2D eigenvalue weighted by Crippen LogP contribution is 2.36. The van der Waals surface area contributed by atoms with Gasteiger partial charge in [-0.15, -0.1) is 0 Å². The standard InChI is InChI=1S/C14H20N4O2/c1-17(2)14(19)11-7-15-8-13(16-11)18-5-6-20-12(9-18)10-3-4-10/h7-8,10,12H,3-6,9H2,1-2H3/t12-/m1/s1. The molecule has 3 rings (SSSR count). The molecule has 1 aliphatic carbocycles. The second-order valence-corrected chi connectivity index (χ2v) is 5.65. The van der Waals surface area contributed by atoms with Gasteiger partial charge in [-0.1, -0.05) is 0 Å². The van der Waals surface area contributed by atoms with E-state index in [-0.39, 0.29) is 5.91 Å². The summed E-state index contributed by atoms with van der Waals surface area (Å²) in [6.45, 7) is 2.37. The summed E-state index contributed by atoms with van der Waals surface area (Å²) in [5.74, 6) is 1.36. The summed E-state index contributed by atoms with van der Waals surface area (Å²) in [7, 11) is 3.43. The van der Waals surface area contributed by atoms with Crippen molar-refractivity contribution in [2.75, 3.05) is 38.7 Å². The van der Waals surface area contributed by atoms with Crippen molar-refractivity contribution in [3.8, 4) is 0 Å². The van der Waals surface area contributed by atoms with Crippen molar-refractivity contribution in [2.45, 2.75) is 18.9 Å². The average Bonchev–Trinajstić information content (AvgIpc) is 3.31. The number of carbonyl (C=O) groups is 1. The molecule has 1 aliphatic heterocycles. The highest BCUT2D eigenvalue weighted by atomic mass is 16.5. The van der Waals surface area contributed by atoms with Crippen molar-refractivity contribution in [2.24, 2.45) is 5.92 Å². The van der Waals surface area contributed by atoms with Crippen LogP contribution in [0.3, 0.4) is 0 Å². The van der Waals surface area contributed by atoms with Crippen molar-refractivity contribution < 1.29 is 9.53 Å². The third-order valence-corrected chi connectivity index (χ3v) is 3.81. The molecule has 0 unspecified atom stereocenters. The number of anilines is 1. The molecule has 0 N–H and O–H groups in total. The highest BCUT2D eigenvalue weighted by molar-refractivity contribution is 5.91. The summed E-state index contributed by atoms with van der Waals surface area (Å²) in [5.41, 5.74) is 0.391. The first-order valence-corrected chi connectivity index (χ1v) is 7.05. The van der Waals surface area contributed by atoms with Crippen LogP contribution >= 0.6 is 0 Å². The molecule has 1 amide bonds. The van der Waals surface area contributed by atoms with Crippen LogP contribution < -0.4 is 4.90 Å². The SMILES string of the molecule is CN(C)C(=O)c1cncc(N2CCO[C@@H](C3CC3)C2)n1. The van der Waals surface area contributed by atoms with Gasteiger partial charge >= 0.3 is 0 Å². The maximum absolute atomic E-state index is 11.9. The summed E-state index contributed by atoms with van der Waals surface area (Å²) in [4.78, 5) is 24.2. The van der Waals surface area contributed by atoms with Crippen LogP contribution in [-0.2, 0) is 4.74 Å². The van der Waals surface area contributed by atoms with E-state index >= 15 is 0 Å². The fourth-order valence-electron chi connectivity index (χ4n) is 2.48. The minimum atomic E-state index is -0.119. The Morgan fingerprint density at radius 3 is 2.90 bits per heavy atom. The van der Waals surface area contributed by atoms with Crippen LogP contribution in [0, 0.1) is 5.92 Å². The number of morpholine rings is 1. The fourth-order valence-corrected chi connectivity index (χ4v) is 2.48. The molecule has 0 aromatic carbocycles. The summed E-state index contributed by atoms with van der Waals surface area (Å²) < 4.78 is 5.80. The predicted octanol–water partition coefficient (Wildman–Crippen LogP) is 0.794. The molecule has 0 radical (unpaired) electrons. The molecule has 108 valence electrons. The van der Waals surface area contributed by atoms with Gasteiger partial charge in [0.25, 0.3) is 5.91 Å². The summed E-state index contributed by atoms with van der Waals surface area (Å²) in [5, 5.41) is 0. The Hall–Kier alpha value is -1.69. The maximum Gasteiger partial charge on any atom is 0.273 e. The minimum absolute atomic E-state index is 0.119. The first-order valence-electron chi connectivity index (χ1n) is 7.05. The van der Waals surface area contributed by atoms with Crippen LogP contribution in [-0.4, -0.2) is 60.7 Å². The molecule has 2 heterocycles. The summed E-state index contributed by atoms with van der Waals surface area (Å²) >= 11 is 0. The minimum Gasteiger partial charge on any atom is -0.374 e. The zero-order valence-corrected chi connectivity index (χ0v) is 12.0. The van der Waals surface area contributed by atoms with Gasteiger partial charge in [-0.25, -0.2) is 4.98 Å². The quantitative estimate of drug-likeness (QED) is 0.817. The average molecular weight is 276 g/mol. The summed E-state index contributed by atoms with van der Waals surface area (Å²) in [6.07, 6.45) is 6.08. The van der Waals surface area contributed by atoms with Crippen molar-refractivity contribution >= 4 is 11.7 Å². The van der Waals surface area contributed by atoms with E-state index in [4.69, 9.17) is 4.74 Å². The number of amides is 1. The molecular weight excluding hydrogens is 256 g/mol. The predicted molar refractivity (Wildman–Crippen MR) is 74.7 cm³/mol. The van der Waals surface area contributed by atoms with E-state index in [0.29, 0.717) is 24.3 Å². The van der Waals surface area contributed by atoms with Crippen molar-refractivity contribution in [3.63, 3.8) is 0 Å². The third-order valence-electron chi connectivity index (χ3n) is 3.81. The number of carbonyl (C=O) groups excluding carboxylic acids is 1. The monoisotopic (exact) mass is 276 g/mol. The van der Waals surface area contributed by atoms with E-state index < -0.39 is 0 Å². The number of hydrogen-bond acceptors (Lipinski definition) is 5. The molecule has 1 aromatic heterocycles. The first kappa shape index (κ1) is 13.3. The van der Waals surface area contributed by atoms with Crippen LogP contribution in [0.4, 0.5) is 5.82 Å². The Balaban J connectivity index is 1.75. The van der Waals surface area contributed by atoms with Crippen LogP contribution in [0.2, 0.25) is 0 Å². The van der Waals surface area contributed by atoms with Crippen molar-refractivity contribution in [1.82, 2.24) is 14.9 Å². The van der Waals surface area contributed by atoms with E-state index in [9.17, 15) is 4.79 Å². The Labute approximate surface area is 118 Å². The maximum atomic E-state index is 11.9. The molecule has 2 fully saturated rings. The van der Waals surface area contributed by atoms with E-state index in [1.54, 1.807) is 20.3 Å². The van der Waals surface area contributed by atoms with Crippen LogP contribution in [0.1, 0.15) is 23.3 Å². The van der Waals surface area contributed by atoms with Crippen molar-refractivity contribution in [1.29, 1.82) is 0 Å². The van der Waals surface area contributed by atoms with Crippen LogP contribution in [0.25, 0.3) is 0 Å². The van der Waals surface area contributed by atoms with Gasteiger partial charge in [0.05, 0.1) is 25.1 Å². The molecule has 1 saturated carbocycles. The topological polar surface area (TPSA) is 58.6 Å². The van der Waals surface area contributed by atoms with Gasteiger partial charge in [-0.05, 0) is 18.8 Å². The number of ether oxygens (including phenoxy) is 1.